The molecule has 0 radical (unpaired) electrons. The highest BCUT2D eigenvalue weighted by atomic mass is 16.5. The number of nitrogens with one attached hydrogen (secondary N) is 1. The van der Waals surface area contributed by atoms with Crippen LogP contribution in [0.15, 0.2) is 48.5 Å². The Hall–Kier alpha value is -3.39. The van der Waals surface area contributed by atoms with Crippen molar-refractivity contribution in [2.75, 3.05) is 32.8 Å². The van der Waals surface area contributed by atoms with Crippen LogP contribution in [0.25, 0.3) is 11.1 Å². The molecule has 1 atom stereocenters. The first-order valence-electron chi connectivity index (χ1n) is 12.1. The number of amides is 2. The fourth-order valence-electron chi connectivity index (χ4n) is 4.48. The van der Waals surface area contributed by atoms with Crippen molar-refractivity contribution in [3.63, 3.8) is 0 Å². The van der Waals surface area contributed by atoms with Gasteiger partial charge in [0.2, 0.25) is 5.91 Å². The second kappa shape index (κ2) is 12.9. The van der Waals surface area contributed by atoms with E-state index in [1.807, 2.05) is 38.1 Å². The Bertz CT molecular complexity index is 979. The van der Waals surface area contributed by atoms with E-state index in [-0.39, 0.29) is 37.8 Å². The molecule has 0 bridgehead atoms. The maximum atomic E-state index is 12.7. The zero-order valence-corrected chi connectivity index (χ0v) is 20.4. The van der Waals surface area contributed by atoms with Crippen molar-refractivity contribution in [1.82, 2.24) is 10.2 Å². The van der Waals surface area contributed by atoms with Crippen LogP contribution in [0.1, 0.15) is 50.2 Å². The van der Waals surface area contributed by atoms with Gasteiger partial charge in [-0.1, -0.05) is 48.5 Å². The molecule has 1 unspecified atom stereocenters. The van der Waals surface area contributed by atoms with E-state index in [1.54, 1.807) is 4.90 Å². The fraction of sp³-hybridized carbons (Fsp3) is 0.444. The number of hydrogen-bond acceptors (Lipinski definition) is 5. The number of alkyl carbamates (subject to hydrolysis) is 1. The van der Waals surface area contributed by atoms with Gasteiger partial charge < -0.3 is 24.8 Å². The minimum atomic E-state index is -0.881. The number of carbonyl (C=O) groups excluding carboxylic acids is 2. The summed E-state index contributed by atoms with van der Waals surface area (Å²) in [4.78, 5) is 37.5. The highest BCUT2D eigenvalue weighted by Gasteiger charge is 2.29. The molecule has 188 valence electrons. The lowest BCUT2D eigenvalue weighted by Crippen LogP contribution is -2.40. The fourth-order valence-corrected chi connectivity index (χ4v) is 4.48. The van der Waals surface area contributed by atoms with Crippen molar-refractivity contribution in [1.29, 1.82) is 0 Å². The molecule has 0 saturated heterocycles. The SMILES string of the molecule is CCOC(CNC(=O)OCC1c2ccccc2-c2ccccc21)CC(=O)N(CC)CCCC(=O)O. The molecule has 2 amide bonds. The summed E-state index contributed by atoms with van der Waals surface area (Å²) in [6.45, 7) is 5.29. The van der Waals surface area contributed by atoms with E-state index in [2.05, 4.69) is 29.6 Å². The lowest BCUT2D eigenvalue weighted by Gasteiger charge is -2.24. The van der Waals surface area contributed by atoms with Gasteiger partial charge in [-0.2, -0.15) is 0 Å². The summed E-state index contributed by atoms with van der Waals surface area (Å²) in [5.41, 5.74) is 4.61. The molecular weight excluding hydrogens is 448 g/mol. The van der Waals surface area contributed by atoms with Gasteiger partial charge >= 0.3 is 12.1 Å². The third kappa shape index (κ3) is 7.05. The molecular formula is C27H34N2O6. The molecule has 2 aromatic carbocycles. The summed E-state index contributed by atoms with van der Waals surface area (Å²) in [5.74, 6) is -1.04. The normalized spacial score (nSPS) is 13.0. The first-order chi connectivity index (χ1) is 16.9. The number of carboxylic acid groups (broad SMARTS) is 1. The maximum absolute atomic E-state index is 12.7. The molecule has 0 fully saturated rings. The largest absolute Gasteiger partial charge is 0.481 e. The number of benzene rings is 2. The highest BCUT2D eigenvalue weighted by Crippen LogP contribution is 2.44. The number of ether oxygens (including phenoxy) is 2. The second-order valence-electron chi connectivity index (χ2n) is 8.46. The Morgan fingerprint density at radius 3 is 2.23 bits per heavy atom. The van der Waals surface area contributed by atoms with Crippen molar-refractivity contribution >= 4 is 18.0 Å². The summed E-state index contributed by atoms with van der Waals surface area (Å²) in [5, 5.41) is 11.5. The summed E-state index contributed by atoms with van der Waals surface area (Å²) in [6.07, 6.45) is -0.550. The van der Waals surface area contributed by atoms with Crippen molar-refractivity contribution < 1.29 is 29.0 Å². The van der Waals surface area contributed by atoms with Gasteiger partial charge in [0.15, 0.2) is 0 Å². The van der Waals surface area contributed by atoms with Gasteiger partial charge in [-0.3, -0.25) is 9.59 Å². The molecule has 8 nitrogen and oxygen atoms in total. The van der Waals surface area contributed by atoms with E-state index >= 15 is 0 Å². The van der Waals surface area contributed by atoms with E-state index in [1.165, 1.54) is 0 Å². The van der Waals surface area contributed by atoms with Crippen LogP contribution < -0.4 is 5.32 Å². The molecule has 0 saturated carbocycles. The van der Waals surface area contributed by atoms with Crippen LogP contribution in [0.2, 0.25) is 0 Å². The van der Waals surface area contributed by atoms with Crippen molar-refractivity contribution in [3.05, 3.63) is 59.7 Å². The smallest absolute Gasteiger partial charge is 0.407 e. The van der Waals surface area contributed by atoms with E-state index in [0.717, 1.165) is 22.3 Å². The monoisotopic (exact) mass is 482 g/mol. The number of hydrogen-bond donors (Lipinski definition) is 2. The van der Waals surface area contributed by atoms with Gasteiger partial charge in [0.05, 0.1) is 12.5 Å². The van der Waals surface area contributed by atoms with Crippen LogP contribution in [0.4, 0.5) is 4.79 Å². The average Bonchev–Trinajstić information content (AvgIpc) is 3.17. The van der Waals surface area contributed by atoms with Crippen molar-refractivity contribution in [3.8, 4) is 11.1 Å². The van der Waals surface area contributed by atoms with Gasteiger partial charge in [0.25, 0.3) is 0 Å². The molecule has 2 aromatic rings. The minimum Gasteiger partial charge on any atom is -0.481 e. The Labute approximate surface area is 206 Å². The summed E-state index contributed by atoms with van der Waals surface area (Å²) >= 11 is 0. The Morgan fingerprint density at radius 2 is 1.66 bits per heavy atom. The molecule has 1 aliphatic rings. The van der Waals surface area contributed by atoms with Crippen molar-refractivity contribution in [2.24, 2.45) is 0 Å². The summed E-state index contributed by atoms with van der Waals surface area (Å²) in [7, 11) is 0. The number of aliphatic carboxylic acids is 1. The van der Waals surface area contributed by atoms with Crippen LogP contribution in [0.3, 0.4) is 0 Å². The predicted molar refractivity (Wildman–Crippen MR) is 132 cm³/mol. The quantitative estimate of drug-likeness (QED) is 0.447. The number of carbonyl (C=O) groups is 3. The maximum Gasteiger partial charge on any atom is 0.407 e. The zero-order chi connectivity index (χ0) is 25.2. The second-order valence-corrected chi connectivity index (χ2v) is 8.46. The lowest BCUT2D eigenvalue weighted by atomic mass is 9.98. The molecule has 0 heterocycles. The van der Waals surface area contributed by atoms with Gasteiger partial charge in [0.1, 0.15) is 6.61 Å². The molecule has 0 spiro atoms. The number of carboxylic acids is 1. The standard InChI is InChI=1S/C27H34N2O6/c1-3-29(15-9-14-26(31)32)25(30)16-19(34-4-2)17-28-27(33)35-18-24-22-12-7-5-10-20(22)21-11-6-8-13-23(21)24/h5-8,10-13,19,24H,3-4,9,14-18H2,1-2H3,(H,28,33)(H,31,32). The zero-order valence-electron chi connectivity index (χ0n) is 20.4. The van der Waals surface area contributed by atoms with Crippen LogP contribution >= 0.6 is 0 Å². The predicted octanol–water partition coefficient (Wildman–Crippen LogP) is 4.03. The van der Waals surface area contributed by atoms with Gasteiger partial charge in [0, 0.05) is 38.6 Å². The topological polar surface area (TPSA) is 105 Å². The Balaban J connectivity index is 1.51. The highest BCUT2D eigenvalue weighted by molar-refractivity contribution is 5.79. The molecule has 0 aliphatic heterocycles. The van der Waals surface area contributed by atoms with Gasteiger partial charge in [-0.25, -0.2) is 4.79 Å². The van der Waals surface area contributed by atoms with Gasteiger partial charge in [-0.05, 0) is 42.5 Å². The first-order valence-corrected chi connectivity index (χ1v) is 12.1. The van der Waals surface area contributed by atoms with Gasteiger partial charge in [-0.15, -0.1) is 0 Å². The van der Waals surface area contributed by atoms with E-state index in [9.17, 15) is 14.4 Å². The van der Waals surface area contributed by atoms with Crippen LogP contribution in [0, 0.1) is 0 Å². The minimum absolute atomic E-state index is 0.0159. The molecule has 8 heteroatoms. The molecule has 1 aliphatic carbocycles. The third-order valence-electron chi connectivity index (χ3n) is 6.18. The number of rotatable bonds is 13. The summed E-state index contributed by atoms with van der Waals surface area (Å²) in [6, 6.07) is 16.3. The van der Waals surface area contributed by atoms with E-state index < -0.39 is 18.2 Å². The Kier molecular flexibility index (Phi) is 9.66. The first kappa shape index (κ1) is 26.2. The van der Waals surface area contributed by atoms with Crippen molar-refractivity contribution in [2.45, 2.75) is 45.1 Å². The van der Waals surface area contributed by atoms with E-state index in [0.29, 0.717) is 26.1 Å². The lowest BCUT2D eigenvalue weighted by molar-refractivity contribution is -0.138. The molecule has 35 heavy (non-hydrogen) atoms. The number of nitrogens with zero attached hydrogens (tertiary/aromatic N) is 1. The summed E-state index contributed by atoms with van der Waals surface area (Å²) < 4.78 is 11.2. The Morgan fingerprint density at radius 1 is 1.03 bits per heavy atom. The van der Waals surface area contributed by atoms with Crippen LogP contribution in [-0.4, -0.2) is 66.9 Å². The molecule has 0 aromatic heterocycles. The number of fused-ring (bicyclic) bond motifs is 3. The molecule has 2 N–H and O–H groups in total. The third-order valence-corrected chi connectivity index (χ3v) is 6.18. The molecule has 3 rings (SSSR count). The average molecular weight is 483 g/mol. The van der Waals surface area contributed by atoms with Crippen LogP contribution in [-0.2, 0) is 19.1 Å². The van der Waals surface area contributed by atoms with Crippen LogP contribution in [0.5, 0.6) is 0 Å². The van der Waals surface area contributed by atoms with E-state index in [4.69, 9.17) is 14.6 Å².